The molecule has 0 aromatic heterocycles. The van der Waals surface area contributed by atoms with E-state index in [1.165, 1.54) is 24.0 Å². The van der Waals surface area contributed by atoms with Gasteiger partial charge in [-0.05, 0) is 51.0 Å². The van der Waals surface area contributed by atoms with Crippen molar-refractivity contribution in [1.29, 1.82) is 0 Å². The molecule has 1 atom stereocenters. The molecular formula is C18H27NO2. The number of benzene rings is 1. The summed E-state index contributed by atoms with van der Waals surface area (Å²) >= 11 is 0. The van der Waals surface area contributed by atoms with Crippen LogP contribution in [0.1, 0.15) is 50.2 Å². The zero-order chi connectivity index (χ0) is 15.2. The van der Waals surface area contributed by atoms with Crippen LogP contribution in [-0.2, 0) is 9.53 Å². The second-order valence-electron chi connectivity index (χ2n) is 6.33. The molecule has 0 aliphatic heterocycles. The second kappa shape index (κ2) is 7.60. The highest BCUT2D eigenvalue weighted by molar-refractivity contribution is 5.77. The van der Waals surface area contributed by atoms with E-state index in [2.05, 4.69) is 36.5 Å². The topological polar surface area (TPSA) is 38.3 Å². The fourth-order valence-electron chi connectivity index (χ4n) is 2.63. The van der Waals surface area contributed by atoms with Gasteiger partial charge < -0.3 is 10.1 Å². The van der Waals surface area contributed by atoms with Gasteiger partial charge in [-0.25, -0.2) is 0 Å². The lowest BCUT2D eigenvalue weighted by Gasteiger charge is -2.17. The average molecular weight is 289 g/mol. The van der Waals surface area contributed by atoms with Crippen molar-refractivity contribution in [2.45, 2.75) is 52.1 Å². The molecule has 21 heavy (non-hydrogen) atoms. The number of ether oxygens (including phenoxy) is 1. The first-order valence-corrected chi connectivity index (χ1v) is 8.01. The van der Waals surface area contributed by atoms with E-state index in [-0.39, 0.29) is 12.0 Å². The van der Waals surface area contributed by atoms with E-state index >= 15 is 0 Å². The molecule has 1 amide bonds. The van der Waals surface area contributed by atoms with Crippen LogP contribution >= 0.6 is 0 Å². The molecule has 3 heteroatoms. The highest BCUT2D eigenvalue weighted by Gasteiger charge is 2.33. The van der Waals surface area contributed by atoms with Gasteiger partial charge in [-0.3, -0.25) is 4.79 Å². The molecule has 1 saturated carbocycles. The Labute approximate surface area is 128 Å². The number of hydrogen-bond acceptors (Lipinski definition) is 2. The first-order chi connectivity index (χ1) is 10.1. The van der Waals surface area contributed by atoms with E-state index < -0.39 is 0 Å². The van der Waals surface area contributed by atoms with Crippen molar-refractivity contribution in [2.24, 2.45) is 5.92 Å². The van der Waals surface area contributed by atoms with E-state index in [9.17, 15) is 4.79 Å². The zero-order valence-electron chi connectivity index (χ0n) is 13.4. The molecule has 0 radical (unpaired) electrons. The van der Waals surface area contributed by atoms with Crippen LogP contribution in [0.4, 0.5) is 0 Å². The van der Waals surface area contributed by atoms with Crippen molar-refractivity contribution >= 4 is 5.91 Å². The fraction of sp³-hybridized carbons (Fsp3) is 0.611. The Kier molecular flexibility index (Phi) is 5.80. The largest absolute Gasteiger partial charge is 0.377 e. The molecule has 2 rings (SSSR count). The minimum atomic E-state index is 0.139. The van der Waals surface area contributed by atoms with Crippen LogP contribution in [-0.4, -0.2) is 25.2 Å². The Morgan fingerprint density at radius 1 is 1.29 bits per heavy atom. The molecule has 3 nitrogen and oxygen atoms in total. The van der Waals surface area contributed by atoms with Crippen molar-refractivity contribution in [3.63, 3.8) is 0 Å². The monoisotopic (exact) mass is 289 g/mol. The molecule has 116 valence electrons. The maximum atomic E-state index is 12.1. The summed E-state index contributed by atoms with van der Waals surface area (Å²) in [5.74, 6) is 1.20. The van der Waals surface area contributed by atoms with Crippen molar-refractivity contribution in [1.82, 2.24) is 5.32 Å². The summed E-state index contributed by atoms with van der Waals surface area (Å²) in [6, 6.07) is 8.62. The number of nitrogens with one attached hydrogen (secondary N) is 1. The van der Waals surface area contributed by atoms with Gasteiger partial charge in [0.1, 0.15) is 0 Å². The SMILES string of the molecule is Cc1ccc(C(CC(=O)NCCOC(C)C)C2CC2)cc1. The molecule has 0 bridgehead atoms. The maximum Gasteiger partial charge on any atom is 0.220 e. The van der Waals surface area contributed by atoms with Crippen LogP contribution in [0.5, 0.6) is 0 Å². The Morgan fingerprint density at radius 2 is 1.95 bits per heavy atom. The van der Waals surface area contributed by atoms with Crippen LogP contribution in [0.25, 0.3) is 0 Å². The summed E-state index contributed by atoms with van der Waals surface area (Å²) in [7, 11) is 0. The summed E-state index contributed by atoms with van der Waals surface area (Å²) in [5.41, 5.74) is 2.57. The predicted octanol–water partition coefficient (Wildman–Crippen LogP) is 3.42. The van der Waals surface area contributed by atoms with E-state index in [0.29, 0.717) is 31.4 Å². The summed E-state index contributed by atoms with van der Waals surface area (Å²) in [6.07, 6.45) is 3.31. The Bertz CT molecular complexity index is 449. The Morgan fingerprint density at radius 3 is 2.52 bits per heavy atom. The van der Waals surface area contributed by atoms with Crippen LogP contribution < -0.4 is 5.32 Å². The van der Waals surface area contributed by atoms with Gasteiger partial charge in [0.2, 0.25) is 5.91 Å². The van der Waals surface area contributed by atoms with E-state index in [1.807, 2.05) is 13.8 Å². The van der Waals surface area contributed by atoms with Crippen LogP contribution in [0.3, 0.4) is 0 Å². The molecule has 0 saturated heterocycles. The summed E-state index contributed by atoms with van der Waals surface area (Å²) in [6.45, 7) is 7.28. The highest BCUT2D eigenvalue weighted by Crippen LogP contribution is 2.44. The zero-order valence-corrected chi connectivity index (χ0v) is 13.4. The van der Waals surface area contributed by atoms with Crippen molar-refractivity contribution in [3.8, 4) is 0 Å². The van der Waals surface area contributed by atoms with Gasteiger partial charge >= 0.3 is 0 Å². The Hall–Kier alpha value is -1.35. The average Bonchev–Trinajstić information content (AvgIpc) is 3.26. The lowest BCUT2D eigenvalue weighted by molar-refractivity contribution is -0.121. The number of carbonyl (C=O) groups is 1. The first kappa shape index (κ1) is 16.0. The normalized spacial score (nSPS) is 16.0. The van der Waals surface area contributed by atoms with Crippen molar-refractivity contribution < 1.29 is 9.53 Å². The van der Waals surface area contributed by atoms with Crippen LogP contribution in [0.15, 0.2) is 24.3 Å². The molecule has 1 aliphatic carbocycles. The maximum absolute atomic E-state index is 12.1. The van der Waals surface area contributed by atoms with Gasteiger partial charge in [0.05, 0.1) is 12.7 Å². The number of rotatable bonds is 8. The summed E-state index contributed by atoms with van der Waals surface area (Å²) in [4.78, 5) is 12.1. The minimum absolute atomic E-state index is 0.139. The summed E-state index contributed by atoms with van der Waals surface area (Å²) < 4.78 is 5.44. The lowest BCUT2D eigenvalue weighted by atomic mass is 9.90. The number of aryl methyl sites for hydroxylation is 1. The molecule has 1 aromatic rings. The lowest BCUT2D eigenvalue weighted by Crippen LogP contribution is -2.29. The van der Waals surface area contributed by atoms with Crippen molar-refractivity contribution in [2.75, 3.05) is 13.2 Å². The van der Waals surface area contributed by atoms with Crippen molar-refractivity contribution in [3.05, 3.63) is 35.4 Å². The third-order valence-electron chi connectivity index (χ3n) is 3.98. The molecule has 1 aliphatic rings. The van der Waals surface area contributed by atoms with Gasteiger partial charge in [-0.15, -0.1) is 0 Å². The van der Waals surface area contributed by atoms with Gasteiger partial charge in [0, 0.05) is 13.0 Å². The molecular weight excluding hydrogens is 262 g/mol. The molecule has 0 spiro atoms. The predicted molar refractivity (Wildman–Crippen MR) is 85.4 cm³/mol. The molecule has 1 fully saturated rings. The molecule has 1 N–H and O–H groups in total. The quantitative estimate of drug-likeness (QED) is 0.745. The van der Waals surface area contributed by atoms with Crippen LogP contribution in [0.2, 0.25) is 0 Å². The smallest absolute Gasteiger partial charge is 0.220 e. The summed E-state index contributed by atoms with van der Waals surface area (Å²) in [5, 5.41) is 2.97. The number of amides is 1. The third-order valence-corrected chi connectivity index (χ3v) is 3.98. The fourth-order valence-corrected chi connectivity index (χ4v) is 2.63. The van der Waals surface area contributed by atoms with E-state index in [1.54, 1.807) is 0 Å². The molecule has 1 aromatic carbocycles. The van der Waals surface area contributed by atoms with E-state index in [0.717, 1.165) is 0 Å². The third kappa shape index (κ3) is 5.50. The van der Waals surface area contributed by atoms with Gasteiger partial charge in [0.25, 0.3) is 0 Å². The highest BCUT2D eigenvalue weighted by atomic mass is 16.5. The first-order valence-electron chi connectivity index (χ1n) is 8.01. The minimum Gasteiger partial charge on any atom is -0.377 e. The number of carbonyl (C=O) groups excluding carboxylic acids is 1. The van der Waals surface area contributed by atoms with Crippen LogP contribution in [0, 0.1) is 12.8 Å². The Balaban J connectivity index is 1.82. The molecule has 1 unspecified atom stereocenters. The van der Waals surface area contributed by atoms with E-state index in [4.69, 9.17) is 4.74 Å². The second-order valence-corrected chi connectivity index (χ2v) is 6.33. The van der Waals surface area contributed by atoms with Gasteiger partial charge in [-0.1, -0.05) is 29.8 Å². The number of hydrogen-bond donors (Lipinski definition) is 1. The molecule has 0 heterocycles. The van der Waals surface area contributed by atoms with Gasteiger partial charge in [-0.2, -0.15) is 0 Å². The van der Waals surface area contributed by atoms with Gasteiger partial charge in [0.15, 0.2) is 0 Å². The standard InChI is InChI=1S/C18H27NO2/c1-13(2)21-11-10-19-18(20)12-17(16-8-9-16)15-6-4-14(3)5-7-15/h4-7,13,16-17H,8-12H2,1-3H3,(H,19,20).